The van der Waals surface area contributed by atoms with Crippen LogP contribution in [-0.4, -0.2) is 0 Å². The van der Waals surface area contributed by atoms with Crippen molar-refractivity contribution in [1.82, 2.24) is 0 Å². The van der Waals surface area contributed by atoms with Crippen molar-refractivity contribution in [2.45, 2.75) is 59.3 Å². The van der Waals surface area contributed by atoms with Gasteiger partial charge in [-0.05, 0) is 51.4 Å². The van der Waals surface area contributed by atoms with Crippen LogP contribution in [0.25, 0.3) is 0 Å². The first-order valence-electron chi connectivity index (χ1n) is 6.40. The normalized spacial score (nSPS) is 32.9. The predicted octanol–water partition coefficient (Wildman–Crippen LogP) is 5.12. The van der Waals surface area contributed by atoms with Crippen LogP contribution in [0, 0.1) is 11.8 Å². The molecule has 0 heterocycles. The van der Waals surface area contributed by atoms with Gasteiger partial charge >= 0.3 is 0 Å². The van der Waals surface area contributed by atoms with Crippen molar-refractivity contribution in [3.05, 3.63) is 23.8 Å². The molecule has 0 radical (unpaired) electrons. The van der Waals surface area contributed by atoms with Crippen molar-refractivity contribution >= 4 is 0 Å². The average molecular weight is 206 g/mol. The summed E-state index contributed by atoms with van der Waals surface area (Å²) < 4.78 is 0. The molecule has 0 aromatic heterocycles. The van der Waals surface area contributed by atoms with Crippen LogP contribution in [0.1, 0.15) is 59.3 Å². The van der Waals surface area contributed by atoms with Gasteiger partial charge in [-0.25, -0.2) is 0 Å². The second-order valence-corrected chi connectivity index (χ2v) is 5.40. The second-order valence-electron chi connectivity index (χ2n) is 5.40. The topological polar surface area (TPSA) is 0 Å². The summed E-state index contributed by atoms with van der Waals surface area (Å²) in [6.45, 7) is 11.0. The molecule has 1 aliphatic carbocycles. The van der Waals surface area contributed by atoms with Gasteiger partial charge in [-0.2, -0.15) is 0 Å². The molecule has 0 aromatic carbocycles. The molecule has 0 unspecified atom stereocenters. The van der Waals surface area contributed by atoms with Crippen LogP contribution >= 0.6 is 0 Å². The van der Waals surface area contributed by atoms with Gasteiger partial charge in [0.1, 0.15) is 0 Å². The molecule has 0 aromatic rings. The second kappa shape index (κ2) is 6.15. The largest absolute Gasteiger partial charge is 0.0998 e. The van der Waals surface area contributed by atoms with E-state index in [9.17, 15) is 0 Å². The Balaban J connectivity index is 2.61. The number of rotatable bonds is 1. The molecule has 15 heavy (non-hydrogen) atoms. The van der Waals surface area contributed by atoms with Gasteiger partial charge in [0.05, 0.1) is 0 Å². The zero-order chi connectivity index (χ0) is 11.3. The summed E-state index contributed by atoms with van der Waals surface area (Å²) in [7, 11) is 0. The maximum absolute atomic E-state index is 4.13. The Hall–Kier alpha value is -0.520. The Bertz CT molecular complexity index is 234. The van der Waals surface area contributed by atoms with Crippen LogP contribution in [0.5, 0.6) is 0 Å². The minimum absolute atomic E-state index is 0.723. The summed E-state index contributed by atoms with van der Waals surface area (Å²) in [5.74, 6) is 1.62. The molecule has 2 atom stereocenters. The molecule has 0 nitrogen and oxygen atoms in total. The zero-order valence-electron chi connectivity index (χ0n) is 10.7. The summed E-state index contributed by atoms with van der Waals surface area (Å²) in [4.78, 5) is 0. The van der Waals surface area contributed by atoms with E-state index >= 15 is 0 Å². The van der Waals surface area contributed by atoms with E-state index in [-0.39, 0.29) is 0 Å². The third-order valence-electron chi connectivity index (χ3n) is 3.72. The highest BCUT2D eigenvalue weighted by Crippen LogP contribution is 2.27. The maximum Gasteiger partial charge on any atom is -0.0174 e. The molecule has 0 saturated carbocycles. The van der Waals surface area contributed by atoms with Crippen LogP contribution in [0.4, 0.5) is 0 Å². The van der Waals surface area contributed by atoms with Crippen molar-refractivity contribution in [2.75, 3.05) is 0 Å². The molecule has 0 spiro atoms. The van der Waals surface area contributed by atoms with Crippen molar-refractivity contribution < 1.29 is 0 Å². The molecule has 0 aliphatic heterocycles. The van der Waals surface area contributed by atoms with Gasteiger partial charge < -0.3 is 0 Å². The fraction of sp³-hybridized carbons (Fsp3) is 0.733. The molecule has 1 aliphatic rings. The SMILES string of the molecule is C=C(C)[C@H]1C/C=C(\C)CCC[C@@H](C)CC1. The van der Waals surface area contributed by atoms with E-state index in [4.69, 9.17) is 0 Å². The van der Waals surface area contributed by atoms with Gasteiger partial charge in [-0.3, -0.25) is 0 Å². The monoisotopic (exact) mass is 206 g/mol. The fourth-order valence-corrected chi connectivity index (χ4v) is 2.37. The summed E-state index contributed by atoms with van der Waals surface area (Å²) >= 11 is 0. The highest BCUT2D eigenvalue weighted by Gasteiger charge is 2.12. The van der Waals surface area contributed by atoms with E-state index in [2.05, 4.69) is 33.4 Å². The Labute approximate surface area is 95.5 Å². The van der Waals surface area contributed by atoms with Crippen molar-refractivity contribution in [3.8, 4) is 0 Å². The van der Waals surface area contributed by atoms with Gasteiger partial charge in [0.15, 0.2) is 0 Å². The Morgan fingerprint density at radius 1 is 1.33 bits per heavy atom. The first-order valence-corrected chi connectivity index (χ1v) is 6.40. The minimum atomic E-state index is 0.723. The van der Waals surface area contributed by atoms with E-state index in [1.807, 2.05) is 0 Å². The van der Waals surface area contributed by atoms with Gasteiger partial charge in [0.2, 0.25) is 0 Å². The third-order valence-corrected chi connectivity index (χ3v) is 3.72. The zero-order valence-corrected chi connectivity index (χ0v) is 10.7. The molecular weight excluding hydrogens is 180 g/mol. The van der Waals surface area contributed by atoms with E-state index in [0.717, 1.165) is 11.8 Å². The smallest absolute Gasteiger partial charge is 0.0174 e. The molecule has 1 rings (SSSR count). The van der Waals surface area contributed by atoms with E-state index < -0.39 is 0 Å². The molecular formula is C15H26. The minimum Gasteiger partial charge on any atom is -0.0998 e. The Kier molecular flexibility index (Phi) is 5.14. The van der Waals surface area contributed by atoms with Crippen LogP contribution in [0.2, 0.25) is 0 Å². The predicted molar refractivity (Wildman–Crippen MR) is 68.9 cm³/mol. The van der Waals surface area contributed by atoms with Gasteiger partial charge in [0.25, 0.3) is 0 Å². The number of allylic oxidation sites excluding steroid dienone is 3. The standard InChI is InChI=1S/C15H26/c1-12(2)15-10-8-13(3)6-5-7-14(4)9-11-15/h8,14-15H,1,5-7,9-11H2,2-4H3/b13-8+/t14-,15+/m1/s1. The van der Waals surface area contributed by atoms with Gasteiger partial charge in [0, 0.05) is 0 Å². The highest BCUT2D eigenvalue weighted by atomic mass is 14.2. The van der Waals surface area contributed by atoms with Crippen LogP contribution in [0.3, 0.4) is 0 Å². The summed E-state index contributed by atoms with van der Waals surface area (Å²) in [6.07, 6.45) is 10.4. The lowest BCUT2D eigenvalue weighted by atomic mass is 9.86. The number of hydrogen-bond acceptors (Lipinski definition) is 0. The lowest BCUT2D eigenvalue weighted by Gasteiger charge is -2.20. The Morgan fingerprint density at radius 2 is 2.07 bits per heavy atom. The molecule has 0 heteroatoms. The van der Waals surface area contributed by atoms with Crippen molar-refractivity contribution in [1.29, 1.82) is 0 Å². The van der Waals surface area contributed by atoms with Crippen molar-refractivity contribution in [2.24, 2.45) is 11.8 Å². The maximum atomic E-state index is 4.13. The van der Waals surface area contributed by atoms with Crippen LogP contribution in [-0.2, 0) is 0 Å². The van der Waals surface area contributed by atoms with E-state index in [1.54, 1.807) is 5.57 Å². The average Bonchev–Trinajstić information content (AvgIpc) is 2.16. The van der Waals surface area contributed by atoms with Crippen molar-refractivity contribution in [3.63, 3.8) is 0 Å². The summed E-state index contributed by atoms with van der Waals surface area (Å²) in [5.41, 5.74) is 2.95. The molecule has 86 valence electrons. The molecule has 0 fully saturated rings. The lowest BCUT2D eigenvalue weighted by Crippen LogP contribution is -2.06. The summed E-state index contributed by atoms with van der Waals surface area (Å²) in [6, 6.07) is 0. The van der Waals surface area contributed by atoms with Gasteiger partial charge in [-0.15, -0.1) is 0 Å². The van der Waals surface area contributed by atoms with Gasteiger partial charge in [-0.1, -0.05) is 43.6 Å². The molecule has 0 saturated heterocycles. The molecule has 0 bridgehead atoms. The quantitative estimate of drug-likeness (QED) is 0.523. The Morgan fingerprint density at radius 3 is 2.73 bits per heavy atom. The fourth-order valence-electron chi connectivity index (χ4n) is 2.37. The van der Waals surface area contributed by atoms with E-state index in [0.29, 0.717) is 0 Å². The molecule has 0 N–H and O–H groups in total. The summed E-state index contributed by atoms with van der Waals surface area (Å²) in [5, 5.41) is 0. The van der Waals surface area contributed by atoms with Crippen LogP contribution < -0.4 is 0 Å². The first-order chi connectivity index (χ1) is 7.09. The van der Waals surface area contributed by atoms with E-state index in [1.165, 1.54) is 44.1 Å². The lowest BCUT2D eigenvalue weighted by molar-refractivity contribution is 0.410. The molecule has 0 amide bonds. The third kappa shape index (κ3) is 4.68. The number of hydrogen-bond donors (Lipinski definition) is 0. The highest BCUT2D eigenvalue weighted by molar-refractivity contribution is 5.05. The van der Waals surface area contributed by atoms with Crippen LogP contribution in [0.15, 0.2) is 23.8 Å². The first kappa shape index (κ1) is 12.5.